The van der Waals surface area contributed by atoms with E-state index in [4.69, 9.17) is 27.9 Å². The molecule has 5 nitrogen and oxygen atoms in total. The molecule has 0 saturated heterocycles. The standard InChI is InChI=1S/C22H17Cl2NO4S/c1-2-14-25(18-11-9-17(23)10-12-18)30(27,28)21-15-16(8-13-20(21)24)22(26)29-19-6-4-3-5-7-19/h2-13,15H,1,14H2. The average Bonchev–Trinajstić information content (AvgIpc) is 2.73. The number of hydrogen-bond acceptors (Lipinski definition) is 4. The van der Waals surface area contributed by atoms with Crippen LogP contribution in [0.3, 0.4) is 0 Å². The van der Waals surface area contributed by atoms with Gasteiger partial charge in [0.1, 0.15) is 10.6 Å². The number of carbonyl (C=O) groups excluding carboxylic acids is 1. The smallest absolute Gasteiger partial charge is 0.343 e. The van der Waals surface area contributed by atoms with E-state index in [-0.39, 0.29) is 22.0 Å². The summed E-state index contributed by atoms with van der Waals surface area (Å²) >= 11 is 12.1. The summed E-state index contributed by atoms with van der Waals surface area (Å²) in [6.45, 7) is 3.63. The fourth-order valence-corrected chi connectivity index (χ4v) is 4.73. The molecule has 0 aliphatic carbocycles. The molecule has 0 aromatic heterocycles. The molecular weight excluding hydrogens is 445 g/mol. The van der Waals surface area contributed by atoms with Gasteiger partial charge in [0.2, 0.25) is 0 Å². The number of benzene rings is 3. The molecule has 154 valence electrons. The highest BCUT2D eigenvalue weighted by Gasteiger charge is 2.28. The number of nitrogens with zero attached hydrogens (tertiary/aromatic N) is 1. The van der Waals surface area contributed by atoms with E-state index in [1.54, 1.807) is 54.6 Å². The van der Waals surface area contributed by atoms with Crippen molar-refractivity contribution in [3.8, 4) is 5.75 Å². The average molecular weight is 462 g/mol. The van der Waals surface area contributed by atoms with Crippen LogP contribution in [0.4, 0.5) is 5.69 Å². The van der Waals surface area contributed by atoms with Gasteiger partial charge in [0, 0.05) is 5.02 Å². The van der Waals surface area contributed by atoms with Gasteiger partial charge < -0.3 is 4.74 Å². The van der Waals surface area contributed by atoms with Crippen LogP contribution >= 0.6 is 23.2 Å². The Balaban J connectivity index is 1.99. The Morgan fingerprint density at radius 1 is 1.00 bits per heavy atom. The van der Waals surface area contributed by atoms with Gasteiger partial charge in [-0.1, -0.05) is 47.5 Å². The van der Waals surface area contributed by atoms with Crippen molar-refractivity contribution in [2.45, 2.75) is 4.90 Å². The Bertz CT molecular complexity index is 1160. The van der Waals surface area contributed by atoms with Gasteiger partial charge in [0.15, 0.2) is 0 Å². The zero-order valence-electron chi connectivity index (χ0n) is 15.7. The minimum atomic E-state index is -4.11. The van der Waals surface area contributed by atoms with Gasteiger partial charge in [0.25, 0.3) is 10.0 Å². The van der Waals surface area contributed by atoms with E-state index in [9.17, 15) is 13.2 Å². The monoisotopic (exact) mass is 461 g/mol. The molecule has 0 unspecified atom stereocenters. The summed E-state index contributed by atoms with van der Waals surface area (Å²) in [5.41, 5.74) is 0.434. The Morgan fingerprint density at radius 2 is 1.67 bits per heavy atom. The number of anilines is 1. The van der Waals surface area contributed by atoms with Crippen LogP contribution in [-0.4, -0.2) is 20.9 Å². The van der Waals surface area contributed by atoms with Crippen molar-refractivity contribution in [1.82, 2.24) is 0 Å². The molecule has 0 N–H and O–H groups in total. The predicted octanol–water partition coefficient (Wildman–Crippen LogP) is 5.59. The molecule has 0 aliphatic rings. The van der Waals surface area contributed by atoms with Gasteiger partial charge >= 0.3 is 5.97 Å². The lowest BCUT2D eigenvalue weighted by molar-refractivity contribution is 0.0734. The van der Waals surface area contributed by atoms with Crippen molar-refractivity contribution in [1.29, 1.82) is 0 Å². The molecule has 3 aromatic rings. The van der Waals surface area contributed by atoms with Crippen molar-refractivity contribution < 1.29 is 17.9 Å². The van der Waals surface area contributed by atoms with Gasteiger partial charge in [-0.3, -0.25) is 4.31 Å². The fraction of sp³-hybridized carbons (Fsp3) is 0.0455. The van der Waals surface area contributed by atoms with Crippen LogP contribution in [0.2, 0.25) is 10.0 Å². The number of esters is 1. The largest absolute Gasteiger partial charge is 0.423 e. The molecule has 0 radical (unpaired) electrons. The van der Waals surface area contributed by atoms with Gasteiger partial charge in [0.05, 0.1) is 22.8 Å². The fourth-order valence-electron chi connectivity index (χ4n) is 2.67. The molecule has 0 saturated carbocycles. The van der Waals surface area contributed by atoms with E-state index in [0.717, 1.165) is 4.31 Å². The van der Waals surface area contributed by atoms with Crippen molar-refractivity contribution >= 4 is 44.9 Å². The third-order valence-corrected chi connectivity index (χ3v) is 6.63. The molecule has 0 atom stereocenters. The second kappa shape index (κ2) is 9.34. The normalized spacial score (nSPS) is 11.0. The number of hydrogen-bond donors (Lipinski definition) is 0. The molecule has 3 rings (SSSR count). The van der Waals surface area contributed by atoms with E-state index in [1.807, 2.05) is 0 Å². The SMILES string of the molecule is C=CCN(c1ccc(Cl)cc1)S(=O)(=O)c1cc(C(=O)Oc2ccccc2)ccc1Cl. The van der Waals surface area contributed by atoms with Crippen molar-refractivity contribution in [2.24, 2.45) is 0 Å². The first-order valence-corrected chi connectivity index (χ1v) is 11.0. The Kier molecular flexibility index (Phi) is 6.82. The Labute approximate surface area is 185 Å². The van der Waals surface area contributed by atoms with E-state index in [2.05, 4.69) is 6.58 Å². The van der Waals surface area contributed by atoms with Crippen molar-refractivity contribution in [3.05, 3.63) is 101 Å². The molecule has 0 spiro atoms. The zero-order valence-corrected chi connectivity index (χ0v) is 18.0. The summed E-state index contributed by atoms with van der Waals surface area (Å²) in [6.07, 6.45) is 1.45. The van der Waals surface area contributed by atoms with Crippen LogP contribution in [0.1, 0.15) is 10.4 Å². The summed E-state index contributed by atoms with van der Waals surface area (Å²) in [7, 11) is -4.11. The minimum absolute atomic E-state index is 0.00101. The number of para-hydroxylation sites is 1. The predicted molar refractivity (Wildman–Crippen MR) is 119 cm³/mol. The number of rotatable bonds is 7. The van der Waals surface area contributed by atoms with Crippen LogP contribution in [0.5, 0.6) is 5.75 Å². The highest BCUT2D eigenvalue weighted by molar-refractivity contribution is 7.93. The maximum absolute atomic E-state index is 13.4. The third-order valence-electron chi connectivity index (χ3n) is 4.10. The molecule has 0 heterocycles. The van der Waals surface area contributed by atoms with Crippen LogP contribution in [-0.2, 0) is 10.0 Å². The molecule has 0 fully saturated rings. The van der Waals surface area contributed by atoms with Gasteiger partial charge in [-0.15, -0.1) is 6.58 Å². The molecular formula is C22H17Cl2NO4S. The van der Waals surface area contributed by atoms with Crippen molar-refractivity contribution in [3.63, 3.8) is 0 Å². The number of sulfonamides is 1. The maximum Gasteiger partial charge on any atom is 0.343 e. The molecule has 0 aliphatic heterocycles. The number of ether oxygens (including phenoxy) is 1. The zero-order chi connectivity index (χ0) is 21.7. The summed E-state index contributed by atoms with van der Waals surface area (Å²) in [6, 6.07) is 18.8. The number of halogens is 2. The Hall–Kier alpha value is -2.80. The first kappa shape index (κ1) is 21.9. The number of carbonyl (C=O) groups is 1. The lowest BCUT2D eigenvalue weighted by Gasteiger charge is -2.24. The minimum Gasteiger partial charge on any atom is -0.423 e. The molecule has 8 heteroatoms. The van der Waals surface area contributed by atoms with Gasteiger partial charge in [-0.05, 0) is 54.6 Å². The summed E-state index contributed by atoms with van der Waals surface area (Å²) < 4.78 is 33.2. The highest BCUT2D eigenvalue weighted by Crippen LogP contribution is 2.30. The van der Waals surface area contributed by atoms with Crippen LogP contribution in [0, 0.1) is 0 Å². The van der Waals surface area contributed by atoms with Crippen LogP contribution < -0.4 is 9.04 Å². The van der Waals surface area contributed by atoms with E-state index in [1.165, 1.54) is 24.3 Å². The highest BCUT2D eigenvalue weighted by atomic mass is 35.5. The van der Waals surface area contributed by atoms with Gasteiger partial charge in [-0.25, -0.2) is 13.2 Å². The van der Waals surface area contributed by atoms with Crippen molar-refractivity contribution in [2.75, 3.05) is 10.8 Å². The topological polar surface area (TPSA) is 63.7 Å². The lowest BCUT2D eigenvalue weighted by Crippen LogP contribution is -2.31. The second-order valence-corrected chi connectivity index (χ2v) is 8.82. The first-order chi connectivity index (χ1) is 14.3. The van der Waals surface area contributed by atoms with Gasteiger partial charge in [-0.2, -0.15) is 0 Å². The summed E-state index contributed by atoms with van der Waals surface area (Å²) in [4.78, 5) is 12.3. The van der Waals surface area contributed by atoms with E-state index in [0.29, 0.717) is 16.5 Å². The lowest BCUT2D eigenvalue weighted by atomic mass is 10.2. The molecule has 30 heavy (non-hydrogen) atoms. The Morgan fingerprint density at radius 3 is 2.30 bits per heavy atom. The molecule has 3 aromatic carbocycles. The van der Waals surface area contributed by atoms with Crippen LogP contribution in [0.15, 0.2) is 90.3 Å². The molecule has 0 amide bonds. The summed E-state index contributed by atoms with van der Waals surface area (Å²) in [5, 5.41) is 0.452. The van der Waals surface area contributed by atoms with Crippen LogP contribution in [0.25, 0.3) is 0 Å². The third kappa shape index (κ3) is 4.84. The first-order valence-electron chi connectivity index (χ1n) is 8.79. The van der Waals surface area contributed by atoms with E-state index >= 15 is 0 Å². The maximum atomic E-state index is 13.4. The molecule has 0 bridgehead atoms. The quantitative estimate of drug-likeness (QED) is 0.261. The second-order valence-electron chi connectivity index (χ2n) is 6.15. The van der Waals surface area contributed by atoms with E-state index < -0.39 is 16.0 Å². The summed E-state index contributed by atoms with van der Waals surface area (Å²) in [5.74, 6) is -0.354.